The van der Waals surface area contributed by atoms with Crippen molar-refractivity contribution in [3.8, 4) is 0 Å². The van der Waals surface area contributed by atoms with Gasteiger partial charge in [-0.1, -0.05) is 61.2 Å². The Morgan fingerprint density at radius 2 is 1.86 bits per heavy atom. The van der Waals surface area contributed by atoms with Gasteiger partial charge in [-0.05, 0) is 49.4 Å². The van der Waals surface area contributed by atoms with Gasteiger partial charge in [-0.25, -0.2) is 0 Å². The van der Waals surface area contributed by atoms with Gasteiger partial charge in [0.05, 0.1) is 17.9 Å². The molecule has 3 amide bonds. The number of nitrogens with zero attached hydrogens (tertiary/aromatic N) is 1. The molecule has 1 aromatic carbocycles. The fraction of sp³-hybridized carbons (Fsp3) is 0.593. The number of carbonyl (C=O) groups excluding carboxylic acids is 3. The van der Waals surface area contributed by atoms with Crippen LogP contribution in [0.1, 0.15) is 52.4 Å². The van der Waals surface area contributed by atoms with Crippen LogP contribution in [0.4, 0.5) is 5.69 Å². The Hall–Kier alpha value is -2.19. The molecule has 1 saturated carbocycles. The summed E-state index contributed by atoms with van der Waals surface area (Å²) in [6, 6.07) is 6.71. The first-order valence-electron chi connectivity index (χ1n) is 12.8. The molecular formula is C27H34BrN3O4. The van der Waals surface area contributed by atoms with E-state index < -0.39 is 29.6 Å². The number of carbonyl (C=O) groups is 3. The normalized spacial score (nSPS) is 31.8. The predicted octanol–water partition coefficient (Wildman–Crippen LogP) is 4.03. The number of fused-ring (bicyclic) bond motifs is 1. The van der Waals surface area contributed by atoms with Crippen molar-refractivity contribution in [2.45, 2.75) is 76.2 Å². The molecule has 188 valence electrons. The monoisotopic (exact) mass is 543 g/mol. The number of halogens is 1. The molecule has 3 fully saturated rings. The Labute approximate surface area is 215 Å². The molecule has 8 heteroatoms. The quantitative estimate of drug-likeness (QED) is 0.508. The molecule has 2 N–H and O–H groups in total. The van der Waals surface area contributed by atoms with Gasteiger partial charge in [-0.15, -0.1) is 0 Å². The third-order valence-corrected chi connectivity index (χ3v) is 8.46. The highest BCUT2D eigenvalue weighted by Gasteiger charge is 2.72. The van der Waals surface area contributed by atoms with Crippen molar-refractivity contribution in [2.24, 2.45) is 17.8 Å². The average Bonchev–Trinajstić information content (AvgIpc) is 3.47. The summed E-state index contributed by atoms with van der Waals surface area (Å²) in [5.41, 5.74) is -0.438. The molecule has 1 spiro atoms. The second-order valence-electron chi connectivity index (χ2n) is 10.8. The van der Waals surface area contributed by atoms with Crippen LogP contribution in [0.15, 0.2) is 40.9 Å². The number of hydrogen-bond acceptors (Lipinski definition) is 4. The van der Waals surface area contributed by atoms with Gasteiger partial charge >= 0.3 is 0 Å². The predicted molar refractivity (Wildman–Crippen MR) is 136 cm³/mol. The number of rotatable bonds is 7. The standard InChI is InChI=1S/C27H34BrN3O4/c1-16(2)13-15-31-23(25(33)30-18-6-4-3-5-7-18)27-14-12-20(35-27)21(22(27)26(31)34)24(32)29-19-10-8-17(28)9-11-19/h8-12,14,16,18,20-23H,3-7,13,15H2,1-2H3,(H,29,32)(H,30,33). The van der Waals surface area contributed by atoms with E-state index in [1.165, 1.54) is 6.42 Å². The van der Waals surface area contributed by atoms with Gasteiger partial charge < -0.3 is 20.3 Å². The van der Waals surface area contributed by atoms with Gasteiger partial charge in [0, 0.05) is 22.7 Å². The second kappa shape index (κ2) is 9.69. The summed E-state index contributed by atoms with van der Waals surface area (Å²) in [5.74, 6) is -1.56. The molecule has 7 nitrogen and oxygen atoms in total. The Kier molecular flexibility index (Phi) is 6.79. The molecular weight excluding hydrogens is 510 g/mol. The number of nitrogens with one attached hydrogen (secondary N) is 2. The number of likely N-dealkylation sites (tertiary alicyclic amines) is 1. The highest BCUT2D eigenvalue weighted by atomic mass is 79.9. The zero-order valence-corrected chi connectivity index (χ0v) is 21.9. The SMILES string of the molecule is CC(C)CCN1C(=O)C2C(C(=O)Nc3ccc(Br)cc3)C3C=CC2(O3)C1C(=O)NC1CCCCC1. The van der Waals surface area contributed by atoms with E-state index in [-0.39, 0.29) is 23.8 Å². The Morgan fingerprint density at radius 1 is 1.14 bits per heavy atom. The van der Waals surface area contributed by atoms with E-state index in [4.69, 9.17) is 4.74 Å². The van der Waals surface area contributed by atoms with Gasteiger partial charge in [-0.2, -0.15) is 0 Å². The molecule has 35 heavy (non-hydrogen) atoms. The molecule has 3 aliphatic heterocycles. The van der Waals surface area contributed by atoms with Crippen molar-refractivity contribution in [3.05, 3.63) is 40.9 Å². The van der Waals surface area contributed by atoms with Gasteiger partial charge in [0.1, 0.15) is 11.6 Å². The van der Waals surface area contributed by atoms with Crippen molar-refractivity contribution in [1.29, 1.82) is 0 Å². The van der Waals surface area contributed by atoms with Crippen molar-refractivity contribution >= 4 is 39.3 Å². The van der Waals surface area contributed by atoms with Crippen LogP contribution in [-0.2, 0) is 19.1 Å². The van der Waals surface area contributed by atoms with Gasteiger partial charge in [-0.3, -0.25) is 14.4 Å². The molecule has 3 heterocycles. The number of hydrogen-bond donors (Lipinski definition) is 2. The topological polar surface area (TPSA) is 87.7 Å². The maximum atomic E-state index is 13.8. The van der Waals surface area contributed by atoms with E-state index in [2.05, 4.69) is 40.4 Å². The van der Waals surface area contributed by atoms with Crippen LogP contribution in [0.25, 0.3) is 0 Å². The van der Waals surface area contributed by atoms with Crippen LogP contribution in [0, 0.1) is 17.8 Å². The zero-order valence-electron chi connectivity index (χ0n) is 20.3. The lowest BCUT2D eigenvalue weighted by molar-refractivity contribution is -0.141. The number of benzene rings is 1. The molecule has 0 radical (unpaired) electrons. The molecule has 4 aliphatic rings. The minimum Gasteiger partial charge on any atom is -0.359 e. The van der Waals surface area contributed by atoms with Crippen LogP contribution in [-0.4, -0.2) is 53.0 Å². The Balaban J connectivity index is 1.42. The van der Waals surface area contributed by atoms with Crippen LogP contribution in [0.3, 0.4) is 0 Å². The Bertz CT molecular complexity index is 1020. The first kappa shape index (κ1) is 24.5. The lowest BCUT2D eigenvalue weighted by Gasteiger charge is -2.34. The van der Waals surface area contributed by atoms with E-state index in [9.17, 15) is 14.4 Å². The van der Waals surface area contributed by atoms with E-state index in [0.717, 1.165) is 36.6 Å². The third kappa shape index (κ3) is 4.44. The van der Waals surface area contributed by atoms with Gasteiger partial charge in [0.25, 0.3) is 0 Å². The number of anilines is 1. The number of amides is 3. The fourth-order valence-electron chi connectivity index (χ4n) is 6.19. The second-order valence-corrected chi connectivity index (χ2v) is 11.7. The molecule has 2 saturated heterocycles. The molecule has 0 aromatic heterocycles. The van der Waals surface area contributed by atoms with Crippen LogP contribution < -0.4 is 10.6 Å². The smallest absolute Gasteiger partial charge is 0.246 e. The fourth-order valence-corrected chi connectivity index (χ4v) is 6.46. The maximum Gasteiger partial charge on any atom is 0.246 e. The molecule has 5 atom stereocenters. The van der Waals surface area contributed by atoms with Gasteiger partial charge in [0.15, 0.2) is 0 Å². The minimum atomic E-state index is -1.10. The Morgan fingerprint density at radius 3 is 2.54 bits per heavy atom. The third-order valence-electron chi connectivity index (χ3n) is 7.94. The lowest BCUT2D eigenvalue weighted by Crippen LogP contribution is -2.56. The largest absolute Gasteiger partial charge is 0.359 e. The maximum absolute atomic E-state index is 13.8. The summed E-state index contributed by atoms with van der Waals surface area (Å²) in [4.78, 5) is 42.7. The number of ether oxygens (including phenoxy) is 1. The molecule has 1 aliphatic carbocycles. The summed E-state index contributed by atoms with van der Waals surface area (Å²) >= 11 is 3.41. The molecule has 2 bridgehead atoms. The molecule has 5 rings (SSSR count). The zero-order chi connectivity index (χ0) is 24.7. The molecule has 1 aromatic rings. The minimum absolute atomic E-state index is 0.132. The van der Waals surface area contributed by atoms with Crippen LogP contribution in [0.2, 0.25) is 0 Å². The molecule has 5 unspecified atom stereocenters. The van der Waals surface area contributed by atoms with Crippen molar-refractivity contribution < 1.29 is 19.1 Å². The van der Waals surface area contributed by atoms with Gasteiger partial charge in [0.2, 0.25) is 17.7 Å². The summed E-state index contributed by atoms with van der Waals surface area (Å²) < 4.78 is 7.32. The van der Waals surface area contributed by atoms with E-state index in [1.54, 1.807) is 4.90 Å². The van der Waals surface area contributed by atoms with Crippen molar-refractivity contribution in [3.63, 3.8) is 0 Å². The van der Waals surface area contributed by atoms with Crippen LogP contribution >= 0.6 is 15.9 Å². The summed E-state index contributed by atoms with van der Waals surface area (Å²) in [6.07, 6.45) is 9.35. The average molecular weight is 544 g/mol. The van der Waals surface area contributed by atoms with E-state index in [0.29, 0.717) is 18.2 Å². The summed E-state index contributed by atoms with van der Waals surface area (Å²) in [6.45, 7) is 4.68. The summed E-state index contributed by atoms with van der Waals surface area (Å²) in [7, 11) is 0. The van der Waals surface area contributed by atoms with E-state index >= 15 is 0 Å². The van der Waals surface area contributed by atoms with Crippen LogP contribution in [0.5, 0.6) is 0 Å². The lowest BCUT2D eigenvalue weighted by atomic mass is 9.74. The highest BCUT2D eigenvalue weighted by molar-refractivity contribution is 9.10. The first-order chi connectivity index (χ1) is 16.8. The van der Waals surface area contributed by atoms with Crippen molar-refractivity contribution in [2.75, 3.05) is 11.9 Å². The first-order valence-corrected chi connectivity index (χ1v) is 13.6. The van der Waals surface area contributed by atoms with E-state index in [1.807, 2.05) is 36.4 Å². The van der Waals surface area contributed by atoms with Crippen molar-refractivity contribution in [1.82, 2.24) is 10.2 Å². The highest BCUT2D eigenvalue weighted by Crippen LogP contribution is 2.55. The summed E-state index contributed by atoms with van der Waals surface area (Å²) in [5, 5.41) is 6.18.